The number of aliphatic hydroxyl groups is 1. The molecule has 0 aliphatic carbocycles. The molecular weight excluding hydrogens is 236 g/mol. The van der Waals surface area contributed by atoms with Gasteiger partial charge in [0.15, 0.2) is 0 Å². The summed E-state index contributed by atoms with van der Waals surface area (Å²) >= 11 is 0. The molecule has 0 saturated carbocycles. The van der Waals surface area contributed by atoms with Crippen molar-refractivity contribution >= 4 is 0 Å². The highest BCUT2D eigenvalue weighted by molar-refractivity contribution is 5.02. The Hall–Kier alpha value is -1.40. The maximum atomic E-state index is 11.7. The van der Waals surface area contributed by atoms with Gasteiger partial charge in [0.25, 0.3) is 5.56 Å². The number of aromatic amines is 1. The summed E-state index contributed by atoms with van der Waals surface area (Å²) in [6.45, 7) is 5.28. The molecule has 2 N–H and O–H groups in total. The molecule has 1 aromatic heterocycles. The maximum absolute atomic E-state index is 11.7. The van der Waals surface area contributed by atoms with E-state index in [1.165, 1.54) is 10.8 Å². The van der Waals surface area contributed by atoms with Gasteiger partial charge in [-0.1, -0.05) is 6.92 Å². The molecule has 1 aliphatic heterocycles. The molecule has 6 heteroatoms. The van der Waals surface area contributed by atoms with Gasteiger partial charge in [0, 0.05) is 11.8 Å². The zero-order valence-corrected chi connectivity index (χ0v) is 10.7. The van der Waals surface area contributed by atoms with Crippen LogP contribution in [0.3, 0.4) is 0 Å². The lowest BCUT2D eigenvalue weighted by atomic mass is 10.00. The van der Waals surface area contributed by atoms with Crippen molar-refractivity contribution in [2.75, 3.05) is 0 Å². The largest absolute Gasteiger partial charge is 0.391 e. The fourth-order valence-electron chi connectivity index (χ4n) is 2.39. The number of aryl methyl sites for hydroxylation is 1. The van der Waals surface area contributed by atoms with Crippen molar-refractivity contribution in [3.63, 3.8) is 0 Å². The van der Waals surface area contributed by atoms with Crippen LogP contribution in [0.25, 0.3) is 0 Å². The second-order valence-corrected chi connectivity index (χ2v) is 4.99. The molecule has 0 radical (unpaired) electrons. The SMILES string of the molecule is Cc1cn([C@H]2C[C@H](C)[C@@H]([C@H](C)O)O2)c(=O)[nH]c1=O. The Balaban J connectivity index is 2.32. The van der Waals surface area contributed by atoms with Crippen LogP contribution in [0, 0.1) is 12.8 Å². The molecule has 0 aromatic carbocycles. The van der Waals surface area contributed by atoms with Crippen LogP contribution in [0.15, 0.2) is 15.8 Å². The summed E-state index contributed by atoms with van der Waals surface area (Å²) in [5, 5.41) is 9.59. The van der Waals surface area contributed by atoms with Crippen molar-refractivity contribution in [2.24, 2.45) is 5.92 Å². The number of hydrogen-bond acceptors (Lipinski definition) is 4. The number of nitrogens with zero attached hydrogens (tertiary/aromatic N) is 1. The molecule has 4 atom stereocenters. The van der Waals surface area contributed by atoms with Gasteiger partial charge in [0.1, 0.15) is 6.23 Å². The quantitative estimate of drug-likeness (QED) is 0.786. The Morgan fingerprint density at radius 1 is 1.56 bits per heavy atom. The molecule has 100 valence electrons. The lowest BCUT2D eigenvalue weighted by molar-refractivity contribution is -0.0625. The third-order valence-corrected chi connectivity index (χ3v) is 3.38. The van der Waals surface area contributed by atoms with E-state index in [2.05, 4.69) is 4.98 Å². The first kappa shape index (κ1) is 13.0. The summed E-state index contributed by atoms with van der Waals surface area (Å²) in [5.74, 6) is 0.161. The van der Waals surface area contributed by atoms with Crippen LogP contribution in [0.2, 0.25) is 0 Å². The maximum Gasteiger partial charge on any atom is 0.330 e. The molecule has 1 saturated heterocycles. The first-order valence-electron chi connectivity index (χ1n) is 6.05. The number of rotatable bonds is 2. The minimum Gasteiger partial charge on any atom is -0.391 e. The van der Waals surface area contributed by atoms with Gasteiger partial charge in [0.05, 0.1) is 12.2 Å². The van der Waals surface area contributed by atoms with Crippen LogP contribution < -0.4 is 11.2 Å². The van der Waals surface area contributed by atoms with E-state index in [4.69, 9.17) is 4.74 Å². The fraction of sp³-hybridized carbons (Fsp3) is 0.667. The smallest absolute Gasteiger partial charge is 0.330 e. The Morgan fingerprint density at radius 3 is 2.78 bits per heavy atom. The monoisotopic (exact) mass is 254 g/mol. The van der Waals surface area contributed by atoms with E-state index in [9.17, 15) is 14.7 Å². The first-order chi connectivity index (χ1) is 8.40. The van der Waals surface area contributed by atoms with Crippen molar-refractivity contribution in [3.05, 3.63) is 32.6 Å². The van der Waals surface area contributed by atoms with Crippen molar-refractivity contribution in [2.45, 2.75) is 45.6 Å². The van der Waals surface area contributed by atoms with Gasteiger partial charge in [-0.25, -0.2) is 4.79 Å². The van der Waals surface area contributed by atoms with Gasteiger partial charge in [-0.2, -0.15) is 0 Å². The predicted molar refractivity (Wildman–Crippen MR) is 65.4 cm³/mol. The lowest BCUT2D eigenvalue weighted by Crippen LogP contribution is -2.34. The van der Waals surface area contributed by atoms with Crippen molar-refractivity contribution in [1.82, 2.24) is 9.55 Å². The Labute approximate surface area is 104 Å². The van der Waals surface area contributed by atoms with E-state index in [0.717, 1.165) is 0 Å². The Morgan fingerprint density at radius 2 is 2.22 bits per heavy atom. The van der Waals surface area contributed by atoms with Crippen LogP contribution >= 0.6 is 0 Å². The van der Waals surface area contributed by atoms with E-state index >= 15 is 0 Å². The minimum absolute atomic E-state index is 0.161. The highest BCUT2D eigenvalue weighted by atomic mass is 16.5. The summed E-state index contributed by atoms with van der Waals surface area (Å²) in [6, 6.07) is 0. The van der Waals surface area contributed by atoms with Gasteiger partial charge in [-0.15, -0.1) is 0 Å². The average molecular weight is 254 g/mol. The summed E-state index contributed by atoms with van der Waals surface area (Å²) in [6.07, 6.45) is 0.852. The van der Waals surface area contributed by atoms with Gasteiger partial charge < -0.3 is 9.84 Å². The molecule has 2 heterocycles. The molecule has 1 fully saturated rings. The zero-order chi connectivity index (χ0) is 13.4. The van der Waals surface area contributed by atoms with Crippen LogP contribution in [0.1, 0.15) is 32.1 Å². The fourth-order valence-corrected chi connectivity index (χ4v) is 2.39. The number of H-pyrrole nitrogens is 1. The average Bonchev–Trinajstić information content (AvgIpc) is 2.65. The summed E-state index contributed by atoms with van der Waals surface area (Å²) in [5.41, 5.74) is -0.394. The van der Waals surface area contributed by atoms with E-state index in [0.29, 0.717) is 12.0 Å². The third kappa shape index (κ3) is 2.26. The topological polar surface area (TPSA) is 84.3 Å². The van der Waals surface area contributed by atoms with Gasteiger partial charge in [0.2, 0.25) is 0 Å². The van der Waals surface area contributed by atoms with Gasteiger partial charge in [-0.3, -0.25) is 14.3 Å². The standard InChI is InChI=1S/C12H18N2O4/c1-6-4-9(18-10(6)8(3)15)14-5-7(2)11(16)13-12(14)17/h5-6,8-10,15H,4H2,1-3H3,(H,13,16,17)/t6-,8-,9+,10-/m0/s1. The molecular formula is C12H18N2O4. The summed E-state index contributed by atoms with van der Waals surface area (Å²) < 4.78 is 7.07. The Kier molecular flexibility index (Phi) is 3.41. The molecule has 1 aliphatic rings. The second kappa shape index (κ2) is 4.70. The lowest BCUT2D eigenvalue weighted by Gasteiger charge is -2.18. The van der Waals surface area contributed by atoms with E-state index in [1.54, 1.807) is 13.8 Å². The molecule has 0 amide bonds. The van der Waals surface area contributed by atoms with E-state index < -0.39 is 18.0 Å². The van der Waals surface area contributed by atoms with Crippen LogP contribution in [-0.4, -0.2) is 26.9 Å². The molecule has 2 rings (SSSR count). The highest BCUT2D eigenvalue weighted by Crippen LogP contribution is 2.33. The van der Waals surface area contributed by atoms with Crippen LogP contribution in [0.5, 0.6) is 0 Å². The number of nitrogens with one attached hydrogen (secondary N) is 1. The normalized spacial score (nSPS) is 29.4. The third-order valence-electron chi connectivity index (χ3n) is 3.38. The number of aromatic nitrogens is 2. The van der Waals surface area contributed by atoms with Gasteiger partial charge >= 0.3 is 5.69 Å². The summed E-state index contributed by atoms with van der Waals surface area (Å²) in [7, 11) is 0. The molecule has 0 spiro atoms. The van der Waals surface area contributed by atoms with Gasteiger partial charge in [-0.05, 0) is 26.2 Å². The van der Waals surface area contributed by atoms with Crippen molar-refractivity contribution < 1.29 is 9.84 Å². The van der Waals surface area contributed by atoms with Crippen LogP contribution in [0.4, 0.5) is 0 Å². The molecule has 0 bridgehead atoms. The van der Waals surface area contributed by atoms with E-state index in [-0.39, 0.29) is 17.6 Å². The number of aliphatic hydroxyl groups excluding tert-OH is 1. The minimum atomic E-state index is -0.579. The molecule has 6 nitrogen and oxygen atoms in total. The zero-order valence-electron chi connectivity index (χ0n) is 10.7. The van der Waals surface area contributed by atoms with E-state index in [1.807, 2.05) is 6.92 Å². The van der Waals surface area contributed by atoms with Crippen LogP contribution in [-0.2, 0) is 4.74 Å². The van der Waals surface area contributed by atoms with Crippen molar-refractivity contribution in [1.29, 1.82) is 0 Å². The Bertz CT molecular complexity index is 546. The molecule has 0 unspecified atom stereocenters. The second-order valence-electron chi connectivity index (χ2n) is 4.99. The molecule has 18 heavy (non-hydrogen) atoms. The summed E-state index contributed by atoms with van der Waals surface area (Å²) in [4.78, 5) is 25.3. The first-order valence-corrected chi connectivity index (χ1v) is 6.05. The number of ether oxygens (including phenoxy) is 1. The predicted octanol–water partition coefficient (Wildman–Crippen LogP) is 0.149. The number of hydrogen-bond donors (Lipinski definition) is 2. The highest BCUT2D eigenvalue weighted by Gasteiger charge is 2.36. The molecule has 1 aromatic rings. The van der Waals surface area contributed by atoms with Crippen molar-refractivity contribution in [3.8, 4) is 0 Å².